The Bertz CT molecular complexity index is 1030. The minimum Gasteiger partial charge on any atom is -0.506 e. The molecule has 1 saturated heterocycles. The van der Waals surface area contributed by atoms with E-state index in [2.05, 4.69) is 20.9 Å². The maximum Gasteiger partial charge on any atom is 0.416 e. The van der Waals surface area contributed by atoms with Crippen molar-refractivity contribution in [2.24, 2.45) is 0 Å². The van der Waals surface area contributed by atoms with Gasteiger partial charge in [-0.2, -0.15) is 13.2 Å². The number of nitrogen functional groups attached to an aromatic ring is 1. The van der Waals surface area contributed by atoms with Gasteiger partial charge in [0.2, 0.25) is 5.91 Å². The topological polar surface area (TPSA) is 120 Å². The Balaban J connectivity index is 1.48. The molecular formula is C22H26F3N5O3. The maximum absolute atomic E-state index is 12.9. The van der Waals surface area contributed by atoms with Gasteiger partial charge in [0.15, 0.2) is 0 Å². The lowest BCUT2D eigenvalue weighted by molar-refractivity contribution is -0.137. The van der Waals surface area contributed by atoms with Gasteiger partial charge in [-0.1, -0.05) is 6.07 Å². The number of carbonyl (C=O) groups excluding carboxylic acids is 2. The van der Waals surface area contributed by atoms with E-state index in [9.17, 15) is 27.9 Å². The quantitative estimate of drug-likeness (QED) is 0.316. The van der Waals surface area contributed by atoms with Gasteiger partial charge in [0, 0.05) is 38.4 Å². The number of rotatable bonds is 7. The number of carbonyl (C=O) groups is 2. The van der Waals surface area contributed by atoms with Gasteiger partial charge in [-0.25, -0.2) is 0 Å². The summed E-state index contributed by atoms with van der Waals surface area (Å²) in [6.45, 7) is 1.63. The fraction of sp³-hybridized carbons (Fsp3) is 0.364. The number of hydrogen-bond acceptors (Lipinski definition) is 6. The van der Waals surface area contributed by atoms with Crippen LogP contribution in [0.4, 0.5) is 24.5 Å². The summed E-state index contributed by atoms with van der Waals surface area (Å²) >= 11 is 0. The van der Waals surface area contributed by atoms with Crippen LogP contribution in [0.2, 0.25) is 0 Å². The van der Waals surface area contributed by atoms with Gasteiger partial charge in [0.1, 0.15) is 5.75 Å². The summed E-state index contributed by atoms with van der Waals surface area (Å²) in [5.74, 6) is -1.13. The molecule has 8 nitrogen and oxygen atoms in total. The smallest absolute Gasteiger partial charge is 0.416 e. The molecule has 2 amide bonds. The van der Waals surface area contributed by atoms with E-state index >= 15 is 0 Å². The van der Waals surface area contributed by atoms with E-state index < -0.39 is 23.6 Å². The van der Waals surface area contributed by atoms with Crippen molar-refractivity contribution in [2.45, 2.75) is 25.2 Å². The molecule has 33 heavy (non-hydrogen) atoms. The summed E-state index contributed by atoms with van der Waals surface area (Å²) < 4.78 is 38.6. The minimum absolute atomic E-state index is 0.108. The summed E-state index contributed by atoms with van der Waals surface area (Å²) in [5, 5.41) is 17.8. The van der Waals surface area contributed by atoms with Crippen LogP contribution in [0.3, 0.4) is 0 Å². The largest absolute Gasteiger partial charge is 0.506 e. The van der Waals surface area contributed by atoms with Gasteiger partial charge in [0.05, 0.1) is 23.4 Å². The normalized spacial score (nSPS) is 16.4. The van der Waals surface area contributed by atoms with Gasteiger partial charge in [-0.15, -0.1) is 0 Å². The Kier molecular flexibility index (Phi) is 7.32. The molecule has 1 atom stereocenters. The average Bonchev–Trinajstić information content (AvgIpc) is 3.19. The van der Waals surface area contributed by atoms with Crippen molar-refractivity contribution >= 4 is 23.2 Å². The number of phenols is 1. The van der Waals surface area contributed by atoms with Crippen molar-refractivity contribution in [3.8, 4) is 5.75 Å². The number of amides is 2. The number of nitrogens with one attached hydrogen (secondary N) is 3. The van der Waals surface area contributed by atoms with Crippen molar-refractivity contribution in [2.75, 3.05) is 37.7 Å². The molecule has 0 bridgehead atoms. The van der Waals surface area contributed by atoms with Crippen LogP contribution in [-0.4, -0.2) is 54.5 Å². The lowest BCUT2D eigenvalue weighted by Crippen LogP contribution is -2.43. The second-order valence-corrected chi connectivity index (χ2v) is 7.87. The number of nitrogens with two attached hydrogens (primary N) is 1. The first-order valence-electron chi connectivity index (χ1n) is 10.3. The summed E-state index contributed by atoms with van der Waals surface area (Å²) in [7, 11) is 1.72. The highest BCUT2D eigenvalue weighted by Crippen LogP contribution is 2.31. The third-order valence-electron chi connectivity index (χ3n) is 5.41. The number of likely N-dealkylation sites (tertiary alicyclic amines) is 1. The third kappa shape index (κ3) is 6.28. The molecule has 2 aromatic carbocycles. The maximum atomic E-state index is 12.9. The SMILES string of the molecule is CNc1cc(CN2CCC(NC(=O)CNC(=O)c3cc(C(F)(F)F)ccc3N)C2)ccc1O. The van der Waals surface area contributed by atoms with E-state index in [1.807, 2.05) is 12.1 Å². The molecule has 1 heterocycles. The van der Waals surface area contributed by atoms with Crippen molar-refractivity contribution in [3.63, 3.8) is 0 Å². The van der Waals surface area contributed by atoms with Crippen molar-refractivity contribution in [3.05, 3.63) is 53.1 Å². The second kappa shape index (κ2) is 9.99. The van der Waals surface area contributed by atoms with Gasteiger partial charge in [-0.05, 0) is 42.3 Å². The summed E-state index contributed by atoms with van der Waals surface area (Å²) in [5.41, 5.74) is 5.83. The van der Waals surface area contributed by atoms with Crippen LogP contribution in [0.1, 0.15) is 27.9 Å². The molecule has 11 heteroatoms. The Morgan fingerprint density at radius 1 is 1.21 bits per heavy atom. The Hall–Kier alpha value is -3.47. The van der Waals surface area contributed by atoms with Crippen LogP contribution < -0.4 is 21.7 Å². The van der Waals surface area contributed by atoms with E-state index in [-0.39, 0.29) is 29.6 Å². The first-order valence-corrected chi connectivity index (χ1v) is 10.3. The zero-order valence-electron chi connectivity index (χ0n) is 18.0. The standard InChI is InChI=1S/C22H26F3N5O3/c1-27-18-8-13(2-5-19(18)31)11-30-7-6-15(12-30)29-20(32)10-28-21(33)16-9-14(22(23,24)25)3-4-17(16)26/h2-5,8-9,15,27,31H,6-7,10-12,26H2,1H3,(H,28,33)(H,29,32). The average molecular weight is 465 g/mol. The van der Waals surface area contributed by atoms with Crippen LogP contribution in [0.25, 0.3) is 0 Å². The first-order chi connectivity index (χ1) is 15.6. The lowest BCUT2D eigenvalue weighted by atomic mass is 10.1. The Morgan fingerprint density at radius 2 is 1.97 bits per heavy atom. The number of halogens is 3. The van der Waals surface area contributed by atoms with Gasteiger partial charge in [0.25, 0.3) is 5.91 Å². The highest BCUT2D eigenvalue weighted by molar-refractivity contribution is 6.00. The van der Waals surface area contributed by atoms with Crippen molar-refractivity contribution in [1.29, 1.82) is 0 Å². The monoisotopic (exact) mass is 465 g/mol. The van der Waals surface area contributed by atoms with Crippen LogP contribution in [0.5, 0.6) is 5.75 Å². The van der Waals surface area contributed by atoms with Crippen LogP contribution in [-0.2, 0) is 17.5 Å². The number of benzene rings is 2. The third-order valence-corrected chi connectivity index (χ3v) is 5.41. The molecule has 1 fully saturated rings. The zero-order chi connectivity index (χ0) is 24.2. The number of hydrogen-bond donors (Lipinski definition) is 5. The predicted octanol–water partition coefficient (Wildman–Crippen LogP) is 2.16. The second-order valence-electron chi connectivity index (χ2n) is 7.87. The van der Waals surface area contributed by atoms with E-state index in [0.717, 1.165) is 30.7 Å². The Morgan fingerprint density at radius 3 is 2.67 bits per heavy atom. The molecule has 1 aliphatic heterocycles. The fourth-order valence-corrected chi connectivity index (χ4v) is 3.70. The predicted molar refractivity (Wildman–Crippen MR) is 118 cm³/mol. The molecular weight excluding hydrogens is 439 g/mol. The van der Waals surface area contributed by atoms with E-state index in [1.54, 1.807) is 13.1 Å². The molecule has 178 valence electrons. The van der Waals surface area contributed by atoms with Crippen molar-refractivity contribution in [1.82, 2.24) is 15.5 Å². The van der Waals surface area contributed by atoms with E-state index in [0.29, 0.717) is 24.8 Å². The van der Waals surface area contributed by atoms with Crippen LogP contribution in [0, 0.1) is 0 Å². The molecule has 6 N–H and O–H groups in total. The molecule has 0 aliphatic carbocycles. The summed E-state index contributed by atoms with van der Waals surface area (Å²) in [6.07, 6.45) is -3.89. The first kappa shape index (κ1) is 24.2. The fourth-order valence-electron chi connectivity index (χ4n) is 3.70. The summed E-state index contributed by atoms with van der Waals surface area (Å²) in [6, 6.07) is 7.67. The molecule has 0 aromatic heterocycles. The van der Waals surface area contributed by atoms with Gasteiger partial charge < -0.3 is 26.8 Å². The van der Waals surface area contributed by atoms with Crippen LogP contribution >= 0.6 is 0 Å². The van der Waals surface area contributed by atoms with Gasteiger partial charge >= 0.3 is 6.18 Å². The molecule has 0 spiro atoms. The van der Waals surface area contributed by atoms with Gasteiger partial charge in [-0.3, -0.25) is 14.5 Å². The number of nitrogens with zero attached hydrogens (tertiary/aromatic N) is 1. The molecule has 1 aliphatic rings. The zero-order valence-corrected chi connectivity index (χ0v) is 18.0. The number of phenolic OH excluding ortho intramolecular Hbond substituents is 1. The highest BCUT2D eigenvalue weighted by Gasteiger charge is 2.31. The van der Waals surface area contributed by atoms with Crippen LogP contribution in [0.15, 0.2) is 36.4 Å². The minimum atomic E-state index is -4.61. The molecule has 0 radical (unpaired) electrons. The summed E-state index contributed by atoms with van der Waals surface area (Å²) in [4.78, 5) is 26.6. The molecule has 2 aromatic rings. The number of anilines is 2. The number of alkyl halides is 3. The molecule has 0 saturated carbocycles. The Labute approximate surface area is 188 Å². The molecule has 3 rings (SSSR count). The van der Waals surface area contributed by atoms with Crippen molar-refractivity contribution < 1.29 is 27.9 Å². The van der Waals surface area contributed by atoms with E-state index in [1.165, 1.54) is 0 Å². The lowest BCUT2D eigenvalue weighted by Gasteiger charge is -2.18. The highest BCUT2D eigenvalue weighted by atomic mass is 19.4. The van der Waals surface area contributed by atoms with E-state index in [4.69, 9.17) is 5.73 Å². The number of aromatic hydroxyl groups is 1. The molecule has 1 unspecified atom stereocenters.